The molecule has 3 aliphatic rings. The Balaban J connectivity index is 1.11. The van der Waals surface area contributed by atoms with Crippen molar-refractivity contribution >= 4 is 5.69 Å². The van der Waals surface area contributed by atoms with Crippen molar-refractivity contribution in [2.45, 2.75) is 50.2 Å². The molecule has 1 aliphatic carbocycles. The van der Waals surface area contributed by atoms with Crippen molar-refractivity contribution in [2.24, 2.45) is 5.92 Å². The van der Waals surface area contributed by atoms with E-state index in [0.29, 0.717) is 18.6 Å². The molecule has 3 heterocycles. The number of aromatic nitrogens is 1. The summed E-state index contributed by atoms with van der Waals surface area (Å²) in [5.41, 5.74) is 2.30. The van der Waals surface area contributed by atoms with Crippen LogP contribution in [0.4, 0.5) is 5.69 Å². The van der Waals surface area contributed by atoms with E-state index in [-0.39, 0.29) is 5.54 Å². The third-order valence-electron chi connectivity index (χ3n) is 7.37. The molecular formula is C25H36N4O3. The molecule has 0 unspecified atom stereocenters. The number of hydrogen-bond acceptors (Lipinski definition) is 7. The molecule has 7 nitrogen and oxygen atoms in total. The van der Waals surface area contributed by atoms with Gasteiger partial charge in [-0.05, 0) is 43.7 Å². The summed E-state index contributed by atoms with van der Waals surface area (Å²) in [5.74, 6) is 1.43. The standard InChI is InChI=1S/C25H36N4O3/c30-17-20-6-8-21(9-7-20)26-25(18-31-19-25)15-22-14-24(32-27-22)16-28-10-12-29(13-11-28)23-4-2-1-3-5-23/h1-5,14,20-21,26,30H,6-13,15-19H2. The molecule has 32 heavy (non-hydrogen) atoms. The average Bonchev–Trinajstić information content (AvgIpc) is 3.25. The van der Waals surface area contributed by atoms with Gasteiger partial charge in [-0.15, -0.1) is 0 Å². The molecule has 2 aromatic rings. The number of anilines is 1. The Morgan fingerprint density at radius 2 is 1.78 bits per heavy atom. The molecule has 174 valence electrons. The highest BCUT2D eigenvalue weighted by Gasteiger charge is 2.41. The number of aliphatic hydroxyl groups excluding tert-OH is 1. The summed E-state index contributed by atoms with van der Waals surface area (Å²) in [7, 11) is 0. The number of aliphatic hydroxyl groups is 1. The third kappa shape index (κ3) is 5.17. The van der Waals surface area contributed by atoms with Crippen LogP contribution in [0.2, 0.25) is 0 Å². The lowest BCUT2D eigenvalue weighted by Gasteiger charge is -2.45. The second-order valence-electron chi connectivity index (χ2n) is 9.88. The van der Waals surface area contributed by atoms with Gasteiger partial charge in [0.05, 0.1) is 31.0 Å². The van der Waals surface area contributed by atoms with Crippen LogP contribution in [-0.4, -0.2) is 72.7 Å². The van der Waals surface area contributed by atoms with Gasteiger partial charge in [0.1, 0.15) is 0 Å². The molecule has 7 heteroatoms. The van der Waals surface area contributed by atoms with Gasteiger partial charge >= 0.3 is 0 Å². The number of nitrogens with one attached hydrogen (secondary N) is 1. The molecule has 1 aromatic heterocycles. The number of ether oxygens (including phenoxy) is 1. The monoisotopic (exact) mass is 440 g/mol. The number of benzene rings is 1. The summed E-state index contributed by atoms with van der Waals surface area (Å²) in [5, 5.41) is 17.6. The van der Waals surface area contributed by atoms with Gasteiger partial charge in [-0.25, -0.2) is 0 Å². The minimum atomic E-state index is -0.0217. The van der Waals surface area contributed by atoms with E-state index in [1.54, 1.807) is 0 Å². The molecule has 1 aromatic carbocycles. The van der Waals surface area contributed by atoms with Crippen LogP contribution in [-0.2, 0) is 17.7 Å². The number of rotatable bonds is 8. The number of piperazine rings is 1. The van der Waals surface area contributed by atoms with Gasteiger partial charge in [-0.3, -0.25) is 4.90 Å². The van der Waals surface area contributed by atoms with Crippen LogP contribution in [0.5, 0.6) is 0 Å². The Hall–Kier alpha value is -1.93. The van der Waals surface area contributed by atoms with Gasteiger partial charge in [0.15, 0.2) is 5.76 Å². The molecule has 0 spiro atoms. The Morgan fingerprint density at radius 3 is 2.44 bits per heavy atom. The predicted octanol–water partition coefficient (Wildman–Crippen LogP) is 2.45. The molecule has 2 N–H and O–H groups in total. The molecule has 0 amide bonds. The fourth-order valence-corrected chi connectivity index (χ4v) is 5.39. The smallest absolute Gasteiger partial charge is 0.150 e. The van der Waals surface area contributed by atoms with E-state index in [9.17, 15) is 5.11 Å². The van der Waals surface area contributed by atoms with Crippen LogP contribution in [0.1, 0.15) is 37.1 Å². The zero-order valence-electron chi connectivity index (χ0n) is 18.9. The molecular weight excluding hydrogens is 404 g/mol. The first-order chi connectivity index (χ1) is 15.7. The van der Waals surface area contributed by atoms with Gasteiger partial charge in [0, 0.05) is 57.0 Å². The Bertz CT molecular complexity index is 838. The van der Waals surface area contributed by atoms with Gasteiger partial charge in [-0.2, -0.15) is 0 Å². The van der Waals surface area contributed by atoms with Crippen LogP contribution in [0, 0.1) is 5.92 Å². The molecule has 0 atom stereocenters. The lowest BCUT2D eigenvalue weighted by Crippen LogP contribution is -2.64. The summed E-state index contributed by atoms with van der Waals surface area (Å²) < 4.78 is 11.3. The fourth-order valence-electron chi connectivity index (χ4n) is 5.39. The minimum absolute atomic E-state index is 0.0217. The Labute approximate surface area is 190 Å². The van der Waals surface area contributed by atoms with Gasteiger partial charge < -0.3 is 24.6 Å². The number of nitrogens with zero attached hydrogens (tertiary/aromatic N) is 3. The molecule has 0 radical (unpaired) electrons. The van der Waals surface area contributed by atoms with Crippen molar-refractivity contribution in [3.05, 3.63) is 47.9 Å². The highest BCUT2D eigenvalue weighted by molar-refractivity contribution is 5.46. The maximum atomic E-state index is 9.38. The van der Waals surface area contributed by atoms with Gasteiger partial charge in [-0.1, -0.05) is 23.4 Å². The zero-order valence-corrected chi connectivity index (χ0v) is 18.9. The van der Waals surface area contributed by atoms with E-state index < -0.39 is 0 Å². The summed E-state index contributed by atoms with van der Waals surface area (Å²) in [6, 6.07) is 13.3. The zero-order chi connectivity index (χ0) is 21.8. The van der Waals surface area contributed by atoms with E-state index in [1.807, 2.05) is 0 Å². The normalized spacial score (nSPS) is 26.1. The second-order valence-corrected chi connectivity index (χ2v) is 9.88. The van der Waals surface area contributed by atoms with Crippen molar-refractivity contribution in [3.8, 4) is 0 Å². The second kappa shape index (κ2) is 9.91. The lowest BCUT2D eigenvalue weighted by atomic mass is 9.83. The summed E-state index contributed by atoms with van der Waals surface area (Å²) in [6.07, 6.45) is 5.32. The van der Waals surface area contributed by atoms with E-state index in [0.717, 1.165) is 89.5 Å². The van der Waals surface area contributed by atoms with Gasteiger partial charge in [0.2, 0.25) is 0 Å². The largest absolute Gasteiger partial charge is 0.396 e. The van der Waals surface area contributed by atoms with Crippen molar-refractivity contribution in [3.63, 3.8) is 0 Å². The van der Waals surface area contributed by atoms with Crippen LogP contribution in [0.3, 0.4) is 0 Å². The quantitative estimate of drug-likeness (QED) is 0.653. The van der Waals surface area contributed by atoms with Crippen molar-refractivity contribution in [1.82, 2.24) is 15.4 Å². The SMILES string of the molecule is OCC1CCC(NC2(Cc3cc(CN4CCN(c5ccccc5)CC4)on3)COC2)CC1. The van der Waals surface area contributed by atoms with Crippen LogP contribution in [0.15, 0.2) is 40.9 Å². The first-order valence-electron chi connectivity index (χ1n) is 12.1. The fraction of sp³-hybridized carbons (Fsp3) is 0.640. The highest BCUT2D eigenvalue weighted by atomic mass is 16.5. The average molecular weight is 441 g/mol. The highest BCUT2D eigenvalue weighted by Crippen LogP contribution is 2.29. The minimum Gasteiger partial charge on any atom is -0.396 e. The van der Waals surface area contributed by atoms with Crippen molar-refractivity contribution in [1.29, 1.82) is 0 Å². The predicted molar refractivity (Wildman–Crippen MR) is 124 cm³/mol. The molecule has 1 saturated carbocycles. The number of hydrogen-bond donors (Lipinski definition) is 2. The molecule has 3 fully saturated rings. The maximum Gasteiger partial charge on any atom is 0.150 e. The molecule has 0 bridgehead atoms. The summed E-state index contributed by atoms with van der Waals surface area (Å²) >= 11 is 0. The van der Waals surface area contributed by atoms with Crippen LogP contribution >= 0.6 is 0 Å². The third-order valence-corrected chi connectivity index (χ3v) is 7.37. The van der Waals surface area contributed by atoms with E-state index in [4.69, 9.17) is 9.26 Å². The van der Waals surface area contributed by atoms with Crippen LogP contribution < -0.4 is 10.2 Å². The van der Waals surface area contributed by atoms with E-state index >= 15 is 0 Å². The first-order valence-corrected chi connectivity index (χ1v) is 12.1. The topological polar surface area (TPSA) is 74.0 Å². The summed E-state index contributed by atoms with van der Waals surface area (Å²) in [6.45, 7) is 6.73. The van der Waals surface area contributed by atoms with E-state index in [2.05, 4.69) is 56.7 Å². The van der Waals surface area contributed by atoms with Crippen LogP contribution in [0.25, 0.3) is 0 Å². The Morgan fingerprint density at radius 1 is 1.03 bits per heavy atom. The number of para-hydroxylation sites is 1. The Kier molecular flexibility index (Phi) is 6.78. The molecule has 2 aliphatic heterocycles. The maximum absolute atomic E-state index is 9.38. The van der Waals surface area contributed by atoms with Gasteiger partial charge in [0.25, 0.3) is 0 Å². The van der Waals surface area contributed by atoms with E-state index in [1.165, 1.54) is 5.69 Å². The molecule has 5 rings (SSSR count). The van der Waals surface area contributed by atoms with Crippen molar-refractivity contribution in [2.75, 3.05) is 50.9 Å². The first kappa shape index (κ1) is 21.9. The lowest BCUT2D eigenvalue weighted by molar-refractivity contribution is -0.0823. The summed E-state index contributed by atoms with van der Waals surface area (Å²) in [4.78, 5) is 4.90. The van der Waals surface area contributed by atoms with Crippen molar-refractivity contribution < 1.29 is 14.4 Å². The molecule has 2 saturated heterocycles.